The largest absolute Gasteiger partial charge is 1.00 e. The molecule has 0 rings (SSSR count). The molecule has 0 aromatic rings. The molecule has 120 valence electrons. The van der Waals surface area contributed by atoms with Crippen LogP contribution in [-0.2, 0) is 4.79 Å². The molecule has 0 aliphatic carbocycles. The average molecular weight is 316 g/mol. The van der Waals surface area contributed by atoms with Crippen LogP contribution in [0.3, 0.4) is 0 Å². The fourth-order valence-corrected chi connectivity index (χ4v) is 1.91. The zero-order valence-electron chi connectivity index (χ0n) is 14.2. The summed E-state index contributed by atoms with van der Waals surface area (Å²) in [5.41, 5.74) is 0. The standard InChI is InChI=1S/C18H30O3.Na/c1-2-3-14-17(19)15-12-10-8-6-4-5-7-9-11-13-16-18(20)21;/h3,6,8,12,14-15,17,19H,2,4-5,7,9-11,13,16H2,1H3,(H,20,21);/q;+1/p-1/b8-6-,14-3-,15-12-;. The molecule has 0 radical (unpaired) electrons. The summed E-state index contributed by atoms with van der Waals surface area (Å²) in [6.45, 7) is 2.04. The molecular weight excluding hydrogens is 287 g/mol. The fraction of sp³-hybridized carbons (Fsp3) is 0.611. The van der Waals surface area contributed by atoms with Crippen molar-refractivity contribution in [1.82, 2.24) is 0 Å². The first-order chi connectivity index (χ1) is 10.2. The van der Waals surface area contributed by atoms with Gasteiger partial charge in [0.25, 0.3) is 0 Å². The molecule has 1 atom stereocenters. The smallest absolute Gasteiger partial charge is 0.550 e. The van der Waals surface area contributed by atoms with E-state index in [1.165, 1.54) is 0 Å². The molecular formula is C18H29NaO3. The molecule has 1 unspecified atom stereocenters. The predicted octanol–water partition coefficient (Wildman–Crippen LogP) is 0.301. The molecule has 0 aliphatic heterocycles. The first-order valence-electron chi connectivity index (χ1n) is 8.03. The number of carbonyl (C=O) groups is 1. The van der Waals surface area contributed by atoms with Crippen LogP contribution in [0.5, 0.6) is 0 Å². The van der Waals surface area contributed by atoms with Crippen LogP contribution in [0.15, 0.2) is 36.5 Å². The van der Waals surface area contributed by atoms with Gasteiger partial charge in [0.05, 0.1) is 6.10 Å². The number of carbonyl (C=O) groups excluding carboxylic acids is 1. The SMILES string of the molecule is CC/C=C\C(O)/C=C\C/C=C\CCCCCCCC(=O)[O-].[Na+]. The van der Waals surface area contributed by atoms with Gasteiger partial charge < -0.3 is 15.0 Å². The zero-order chi connectivity index (χ0) is 15.8. The maximum atomic E-state index is 10.2. The van der Waals surface area contributed by atoms with Gasteiger partial charge in [-0.15, -0.1) is 0 Å². The van der Waals surface area contributed by atoms with Crippen LogP contribution < -0.4 is 34.7 Å². The third-order valence-corrected chi connectivity index (χ3v) is 3.09. The maximum absolute atomic E-state index is 10.2. The number of unbranched alkanes of at least 4 members (excludes halogenated alkanes) is 5. The summed E-state index contributed by atoms with van der Waals surface area (Å²) in [7, 11) is 0. The van der Waals surface area contributed by atoms with E-state index in [9.17, 15) is 15.0 Å². The summed E-state index contributed by atoms with van der Waals surface area (Å²) in [5, 5.41) is 19.7. The summed E-state index contributed by atoms with van der Waals surface area (Å²) >= 11 is 0. The average Bonchev–Trinajstić information content (AvgIpc) is 2.45. The molecule has 0 aliphatic rings. The number of rotatable bonds is 13. The van der Waals surface area contributed by atoms with Gasteiger partial charge in [-0.3, -0.25) is 0 Å². The van der Waals surface area contributed by atoms with Crippen molar-refractivity contribution in [2.24, 2.45) is 0 Å². The van der Waals surface area contributed by atoms with Crippen LogP contribution >= 0.6 is 0 Å². The van der Waals surface area contributed by atoms with E-state index in [1.54, 1.807) is 12.2 Å². The molecule has 0 heterocycles. The van der Waals surface area contributed by atoms with Crippen molar-refractivity contribution in [2.45, 2.75) is 70.8 Å². The second-order valence-corrected chi connectivity index (χ2v) is 5.14. The molecule has 0 amide bonds. The van der Waals surface area contributed by atoms with E-state index >= 15 is 0 Å². The van der Waals surface area contributed by atoms with Gasteiger partial charge in [0.15, 0.2) is 0 Å². The number of aliphatic carboxylic acids is 1. The summed E-state index contributed by atoms with van der Waals surface area (Å²) in [4.78, 5) is 10.2. The van der Waals surface area contributed by atoms with E-state index in [2.05, 4.69) is 12.2 Å². The van der Waals surface area contributed by atoms with E-state index in [-0.39, 0.29) is 36.0 Å². The van der Waals surface area contributed by atoms with Gasteiger partial charge >= 0.3 is 29.6 Å². The first-order valence-corrected chi connectivity index (χ1v) is 8.03. The van der Waals surface area contributed by atoms with Crippen molar-refractivity contribution in [2.75, 3.05) is 0 Å². The second kappa shape index (κ2) is 18.7. The van der Waals surface area contributed by atoms with Gasteiger partial charge in [-0.2, -0.15) is 0 Å². The second-order valence-electron chi connectivity index (χ2n) is 5.14. The summed E-state index contributed by atoms with van der Waals surface area (Å²) in [6.07, 6.45) is 19.5. The molecule has 3 nitrogen and oxygen atoms in total. The Labute approximate surface area is 157 Å². The van der Waals surface area contributed by atoms with Crippen molar-refractivity contribution < 1.29 is 44.6 Å². The molecule has 0 fully saturated rings. The van der Waals surface area contributed by atoms with E-state index in [4.69, 9.17) is 0 Å². The number of allylic oxidation sites excluding steroid dienone is 4. The molecule has 0 saturated heterocycles. The van der Waals surface area contributed by atoms with Crippen molar-refractivity contribution in [1.29, 1.82) is 0 Å². The third kappa shape index (κ3) is 19.7. The van der Waals surface area contributed by atoms with Crippen LogP contribution in [0, 0.1) is 0 Å². The Morgan fingerprint density at radius 1 is 1.00 bits per heavy atom. The maximum Gasteiger partial charge on any atom is 1.00 e. The summed E-state index contributed by atoms with van der Waals surface area (Å²) < 4.78 is 0. The normalized spacial score (nSPS) is 13.0. The molecule has 0 aromatic carbocycles. The van der Waals surface area contributed by atoms with E-state index in [0.717, 1.165) is 51.4 Å². The minimum atomic E-state index is -0.943. The first kappa shape index (κ1) is 23.9. The van der Waals surface area contributed by atoms with Crippen molar-refractivity contribution >= 4 is 5.97 Å². The number of carboxylic acids is 1. The van der Waals surface area contributed by atoms with Crippen LogP contribution in [0.2, 0.25) is 0 Å². The monoisotopic (exact) mass is 316 g/mol. The van der Waals surface area contributed by atoms with Crippen molar-refractivity contribution in [3.05, 3.63) is 36.5 Å². The Kier molecular flexibility index (Phi) is 20.3. The molecule has 0 saturated carbocycles. The summed E-state index contributed by atoms with van der Waals surface area (Å²) in [5.74, 6) is -0.943. The van der Waals surface area contributed by atoms with Crippen LogP contribution in [0.25, 0.3) is 0 Å². The quantitative estimate of drug-likeness (QED) is 0.302. The molecule has 0 bridgehead atoms. The Morgan fingerprint density at radius 3 is 2.32 bits per heavy atom. The molecule has 22 heavy (non-hydrogen) atoms. The Bertz CT molecular complexity index is 335. The zero-order valence-corrected chi connectivity index (χ0v) is 16.2. The summed E-state index contributed by atoms with van der Waals surface area (Å²) in [6, 6.07) is 0. The van der Waals surface area contributed by atoms with Crippen LogP contribution in [-0.4, -0.2) is 17.2 Å². The number of hydrogen-bond acceptors (Lipinski definition) is 3. The van der Waals surface area contributed by atoms with E-state index < -0.39 is 12.1 Å². The topological polar surface area (TPSA) is 60.4 Å². The van der Waals surface area contributed by atoms with Gasteiger partial charge in [-0.05, 0) is 38.5 Å². The van der Waals surface area contributed by atoms with Gasteiger partial charge in [0.2, 0.25) is 0 Å². The minimum absolute atomic E-state index is 0. The van der Waals surface area contributed by atoms with E-state index in [1.807, 2.05) is 19.1 Å². The molecule has 0 spiro atoms. The molecule has 4 heteroatoms. The number of aliphatic hydroxyl groups is 1. The van der Waals surface area contributed by atoms with Gasteiger partial charge in [-0.1, -0.05) is 62.6 Å². The number of carboxylic acid groups (broad SMARTS) is 1. The Hall–Kier alpha value is -0.350. The van der Waals surface area contributed by atoms with Crippen molar-refractivity contribution in [3.8, 4) is 0 Å². The fourth-order valence-electron chi connectivity index (χ4n) is 1.91. The van der Waals surface area contributed by atoms with Crippen LogP contribution in [0.1, 0.15) is 64.7 Å². The third-order valence-electron chi connectivity index (χ3n) is 3.09. The number of hydrogen-bond donors (Lipinski definition) is 1. The van der Waals surface area contributed by atoms with Gasteiger partial charge in [0.1, 0.15) is 0 Å². The van der Waals surface area contributed by atoms with Gasteiger partial charge in [0, 0.05) is 5.97 Å². The van der Waals surface area contributed by atoms with Gasteiger partial charge in [-0.25, -0.2) is 0 Å². The molecule has 1 N–H and O–H groups in total. The minimum Gasteiger partial charge on any atom is -0.550 e. The van der Waals surface area contributed by atoms with Crippen LogP contribution in [0.4, 0.5) is 0 Å². The Morgan fingerprint density at radius 2 is 1.64 bits per heavy atom. The molecule has 0 aromatic heterocycles. The predicted molar refractivity (Wildman–Crippen MR) is 85.7 cm³/mol. The Balaban J connectivity index is 0. The van der Waals surface area contributed by atoms with Crippen molar-refractivity contribution in [3.63, 3.8) is 0 Å². The van der Waals surface area contributed by atoms with E-state index in [0.29, 0.717) is 0 Å². The number of aliphatic hydroxyl groups excluding tert-OH is 1.